The largest absolute Gasteiger partial charge is 0.340 e. The highest BCUT2D eigenvalue weighted by molar-refractivity contribution is 7.95. The molecule has 0 bridgehead atoms. The van der Waals surface area contributed by atoms with E-state index < -0.39 is 0 Å². The molecular formula is C32H39N5O2S2. The van der Waals surface area contributed by atoms with Crippen LogP contribution >= 0.6 is 23.5 Å². The topological polar surface area (TPSA) is 79.3 Å². The van der Waals surface area contributed by atoms with Crippen molar-refractivity contribution in [2.24, 2.45) is 0 Å². The number of nitrogens with one attached hydrogen (secondary N) is 2. The number of aryl methyl sites for hydroxylation is 1. The van der Waals surface area contributed by atoms with Crippen molar-refractivity contribution < 1.29 is 9.59 Å². The molecule has 0 unspecified atom stereocenters. The number of thiazole rings is 1. The molecule has 2 aromatic heterocycles. The van der Waals surface area contributed by atoms with Crippen molar-refractivity contribution in [1.82, 2.24) is 18.6 Å². The van der Waals surface area contributed by atoms with Gasteiger partial charge in [-0.1, -0.05) is 57.0 Å². The number of hydrogen-bond acceptors (Lipinski definition) is 6. The molecule has 4 aromatic rings. The molecule has 216 valence electrons. The fraction of sp³-hybridized carbons (Fsp3) is 0.344. The number of fused-ring (bicyclic) bond motifs is 1. The maximum atomic E-state index is 13.0. The van der Waals surface area contributed by atoms with Crippen molar-refractivity contribution in [3.8, 4) is 11.3 Å². The van der Waals surface area contributed by atoms with Gasteiger partial charge in [-0.05, 0) is 69.1 Å². The van der Waals surface area contributed by atoms with Crippen LogP contribution in [0.5, 0.6) is 0 Å². The number of rotatable bonds is 13. The van der Waals surface area contributed by atoms with Crippen LogP contribution < -0.4 is 10.0 Å². The molecule has 0 fully saturated rings. The Morgan fingerprint density at radius 1 is 1.10 bits per heavy atom. The quantitative estimate of drug-likeness (QED) is 0.122. The summed E-state index contributed by atoms with van der Waals surface area (Å²) in [6.07, 6.45) is 9.46. The van der Waals surface area contributed by atoms with Crippen LogP contribution in [0.3, 0.4) is 0 Å². The van der Waals surface area contributed by atoms with Crippen LogP contribution in [0, 0.1) is 0 Å². The number of carbonyl (C=O) groups is 2. The molecule has 2 aromatic carbocycles. The van der Waals surface area contributed by atoms with Crippen LogP contribution in [-0.2, 0) is 11.3 Å². The Balaban J connectivity index is 1.87. The summed E-state index contributed by atoms with van der Waals surface area (Å²) >= 11 is 2.66. The summed E-state index contributed by atoms with van der Waals surface area (Å²) in [6, 6.07) is 14.3. The zero-order chi connectivity index (χ0) is 29.4. The number of nitrogens with zero attached hydrogens (tertiary/aromatic N) is 3. The third kappa shape index (κ3) is 7.28. The van der Waals surface area contributed by atoms with Crippen LogP contribution in [0.25, 0.3) is 28.2 Å². The second-order valence-corrected chi connectivity index (χ2v) is 12.1. The van der Waals surface area contributed by atoms with Gasteiger partial charge in [0.05, 0.1) is 5.69 Å². The number of anilines is 1. The Bertz CT molecular complexity index is 1500. The van der Waals surface area contributed by atoms with Gasteiger partial charge >= 0.3 is 0 Å². The Morgan fingerprint density at radius 2 is 1.85 bits per heavy atom. The summed E-state index contributed by atoms with van der Waals surface area (Å²) in [5, 5.41) is 6.42. The highest BCUT2D eigenvalue weighted by atomic mass is 32.2. The molecule has 2 amide bonds. The number of aromatic nitrogens is 2. The summed E-state index contributed by atoms with van der Waals surface area (Å²) in [7, 11) is 3.79. The van der Waals surface area contributed by atoms with Crippen LogP contribution in [0.4, 0.5) is 5.13 Å². The molecule has 7 nitrogen and oxygen atoms in total. The fourth-order valence-electron chi connectivity index (χ4n) is 5.33. The van der Waals surface area contributed by atoms with Gasteiger partial charge < -0.3 is 4.57 Å². The monoisotopic (exact) mass is 589 g/mol. The lowest BCUT2D eigenvalue weighted by Gasteiger charge is -2.20. The van der Waals surface area contributed by atoms with Crippen LogP contribution in [0.15, 0.2) is 60.1 Å². The van der Waals surface area contributed by atoms with Gasteiger partial charge in [0.2, 0.25) is 5.91 Å². The number of hydrogen-bond donors (Lipinski definition) is 2. The van der Waals surface area contributed by atoms with Gasteiger partial charge in [-0.3, -0.25) is 19.6 Å². The molecule has 0 saturated carbocycles. The summed E-state index contributed by atoms with van der Waals surface area (Å²) in [6.45, 7) is 7.38. The van der Waals surface area contributed by atoms with Crippen LogP contribution in [0.1, 0.15) is 73.9 Å². The van der Waals surface area contributed by atoms with Gasteiger partial charge in [-0.2, -0.15) is 0 Å². The van der Waals surface area contributed by atoms with Gasteiger partial charge in [-0.15, -0.1) is 11.3 Å². The van der Waals surface area contributed by atoms with Crippen LogP contribution in [-0.4, -0.2) is 39.8 Å². The smallest absolute Gasteiger partial charge is 0.262 e. The van der Waals surface area contributed by atoms with E-state index in [1.165, 1.54) is 34.4 Å². The number of benzene rings is 2. The molecule has 0 saturated heterocycles. The van der Waals surface area contributed by atoms with Crippen molar-refractivity contribution in [2.75, 3.05) is 19.4 Å². The minimum atomic E-state index is -0.216. The average molecular weight is 590 g/mol. The molecule has 0 aliphatic carbocycles. The highest BCUT2D eigenvalue weighted by Gasteiger charge is 2.25. The molecular weight excluding hydrogens is 551 g/mol. The molecule has 0 radical (unpaired) electrons. The van der Waals surface area contributed by atoms with Crippen molar-refractivity contribution in [1.29, 1.82) is 0 Å². The Hall–Kier alpha value is -3.40. The predicted molar refractivity (Wildman–Crippen MR) is 174 cm³/mol. The Kier molecular flexibility index (Phi) is 10.8. The van der Waals surface area contributed by atoms with Gasteiger partial charge in [0.1, 0.15) is 0 Å². The van der Waals surface area contributed by atoms with E-state index in [2.05, 4.69) is 64.6 Å². The lowest BCUT2D eigenvalue weighted by molar-refractivity contribution is -0.111. The summed E-state index contributed by atoms with van der Waals surface area (Å²) in [5.41, 5.74) is 6.21. The van der Waals surface area contributed by atoms with Crippen molar-refractivity contribution in [3.63, 3.8) is 0 Å². The Labute approximate surface area is 251 Å². The first-order chi connectivity index (χ1) is 19.9. The zero-order valence-electron chi connectivity index (χ0n) is 24.4. The van der Waals surface area contributed by atoms with Gasteiger partial charge in [0, 0.05) is 58.4 Å². The van der Waals surface area contributed by atoms with E-state index in [4.69, 9.17) is 0 Å². The molecule has 9 heteroatoms. The second kappa shape index (κ2) is 14.5. The summed E-state index contributed by atoms with van der Waals surface area (Å²) in [4.78, 5) is 29.8. The van der Waals surface area contributed by atoms with Crippen molar-refractivity contribution in [2.45, 2.75) is 58.9 Å². The summed E-state index contributed by atoms with van der Waals surface area (Å²) in [5.74, 6) is 0.0439. The lowest BCUT2D eigenvalue weighted by atomic mass is 9.86. The molecule has 0 spiro atoms. The summed E-state index contributed by atoms with van der Waals surface area (Å²) < 4.78 is 7.10. The van der Waals surface area contributed by atoms with Crippen LogP contribution in [0.2, 0.25) is 0 Å². The van der Waals surface area contributed by atoms with E-state index >= 15 is 0 Å². The van der Waals surface area contributed by atoms with Crippen molar-refractivity contribution in [3.05, 3.63) is 76.8 Å². The van der Waals surface area contributed by atoms with E-state index in [0.29, 0.717) is 16.6 Å². The SMILES string of the molecule is CCCC(CCC)c1c(-c2ccccc2/C=C/C(=O)Nc2nccs2)n(CC)c2cc(C(=O)NSN(C)C)ccc12. The third-order valence-electron chi connectivity index (χ3n) is 6.98. The molecule has 4 rings (SSSR count). The molecule has 0 atom stereocenters. The van der Waals surface area contributed by atoms with E-state index in [9.17, 15) is 9.59 Å². The third-order valence-corrected chi connectivity index (χ3v) is 8.31. The maximum absolute atomic E-state index is 13.0. The first-order valence-corrected chi connectivity index (χ1v) is 15.8. The van der Waals surface area contributed by atoms with E-state index in [1.807, 2.05) is 48.1 Å². The van der Waals surface area contributed by atoms with Gasteiger partial charge in [0.25, 0.3) is 5.91 Å². The first kappa shape index (κ1) is 30.6. The lowest BCUT2D eigenvalue weighted by Crippen LogP contribution is -2.20. The average Bonchev–Trinajstić information content (AvgIpc) is 3.59. The predicted octanol–water partition coefficient (Wildman–Crippen LogP) is 7.98. The first-order valence-electron chi connectivity index (χ1n) is 14.2. The molecule has 2 N–H and O–H groups in total. The molecule has 2 heterocycles. The van der Waals surface area contributed by atoms with E-state index in [1.54, 1.807) is 12.3 Å². The second-order valence-electron chi connectivity index (χ2n) is 10.1. The van der Waals surface area contributed by atoms with E-state index in [-0.39, 0.29) is 11.8 Å². The molecule has 0 aliphatic heterocycles. The van der Waals surface area contributed by atoms with E-state index in [0.717, 1.165) is 54.6 Å². The molecule has 0 aliphatic rings. The minimum Gasteiger partial charge on any atom is -0.340 e. The zero-order valence-corrected chi connectivity index (χ0v) is 26.1. The van der Waals surface area contributed by atoms with Gasteiger partial charge in [-0.25, -0.2) is 9.29 Å². The van der Waals surface area contributed by atoms with Gasteiger partial charge in [0.15, 0.2) is 5.13 Å². The number of amides is 2. The maximum Gasteiger partial charge on any atom is 0.262 e. The van der Waals surface area contributed by atoms with Crippen molar-refractivity contribution >= 4 is 57.4 Å². The number of carbonyl (C=O) groups excluding carboxylic acids is 2. The normalized spacial score (nSPS) is 11.7. The Morgan fingerprint density at radius 3 is 2.51 bits per heavy atom. The standard InChI is InChI=1S/C32H39N5O2S2/c1-6-11-23(12-7-2)29-26-17-15-24(31(39)35-41-36(4)5)21-27(26)37(8-3)30(29)25-14-10-9-13-22(25)16-18-28(38)34-32-33-19-20-40-32/h9-10,13-21,23H,6-8,11-12H2,1-5H3,(H,35,39)(H,33,34,38)/b18-16+. The minimum absolute atomic E-state index is 0.120. The molecule has 41 heavy (non-hydrogen) atoms. The highest BCUT2D eigenvalue weighted by Crippen LogP contribution is 2.43. The fourth-order valence-corrected chi connectivity index (χ4v) is 6.24.